The minimum Gasteiger partial charge on any atom is -0.394 e. The minimum atomic E-state index is -0.701. The molecule has 0 saturated carbocycles. The van der Waals surface area contributed by atoms with Crippen LogP contribution in [0.3, 0.4) is 0 Å². The number of nitrogens with one attached hydrogen (secondary N) is 1. The van der Waals surface area contributed by atoms with E-state index in [1.807, 2.05) is 19.1 Å². The van der Waals surface area contributed by atoms with Gasteiger partial charge in [0.25, 0.3) is 0 Å². The Morgan fingerprint density at radius 1 is 1.11 bits per heavy atom. The Kier molecular flexibility index (Phi) is 4.31. The van der Waals surface area contributed by atoms with Gasteiger partial charge in [0, 0.05) is 12.6 Å². The Morgan fingerprint density at radius 2 is 1.83 bits per heavy atom. The highest BCUT2D eigenvalue weighted by molar-refractivity contribution is 5.83. The van der Waals surface area contributed by atoms with Gasteiger partial charge >= 0.3 is 0 Å². The normalized spacial score (nSPS) is 14.6. The first-order chi connectivity index (χ1) is 8.70. The fourth-order valence-electron chi connectivity index (χ4n) is 1.97. The van der Waals surface area contributed by atoms with Crippen LogP contribution in [-0.2, 0) is 0 Å². The van der Waals surface area contributed by atoms with Crippen LogP contribution in [0.25, 0.3) is 10.8 Å². The molecule has 0 aliphatic heterocycles. The van der Waals surface area contributed by atoms with Crippen LogP contribution in [0, 0.1) is 0 Å². The molecule has 0 spiro atoms. The number of rotatable bonds is 5. The van der Waals surface area contributed by atoms with Crippen LogP contribution >= 0.6 is 0 Å². The lowest BCUT2D eigenvalue weighted by molar-refractivity contribution is 0.0924. The molecule has 0 radical (unpaired) electrons. The summed E-state index contributed by atoms with van der Waals surface area (Å²) in [5.74, 6) is 0. The summed E-state index contributed by atoms with van der Waals surface area (Å²) in [6.07, 6.45) is -0.701. The van der Waals surface area contributed by atoms with Crippen LogP contribution in [0.5, 0.6) is 0 Å². The summed E-state index contributed by atoms with van der Waals surface area (Å²) >= 11 is 0. The van der Waals surface area contributed by atoms with Gasteiger partial charge in [0.2, 0.25) is 0 Å². The van der Waals surface area contributed by atoms with Gasteiger partial charge in [-0.2, -0.15) is 0 Å². The lowest BCUT2D eigenvalue weighted by Crippen LogP contribution is -2.31. The van der Waals surface area contributed by atoms with Crippen molar-refractivity contribution >= 4 is 10.8 Å². The zero-order valence-corrected chi connectivity index (χ0v) is 10.5. The Morgan fingerprint density at radius 3 is 2.56 bits per heavy atom. The molecule has 2 aromatic rings. The molecule has 0 aliphatic rings. The summed E-state index contributed by atoms with van der Waals surface area (Å²) in [6.45, 7) is 2.23. The molecule has 0 unspecified atom stereocenters. The second kappa shape index (κ2) is 5.96. The summed E-state index contributed by atoms with van der Waals surface area (Å²) in [5, 5.41) is 23.7. The van der Waals surface area contributed by atoms with Gasteiger partial charge in [0.1, 0.15) is 0 Å². The molecule has 3 nitrogen and oxygen atoms in total. The van der Waals surface area contributed by atoms with E-state index in [1.165, 1.54) is 16.3 Å². The van der Waals surface area contributed by atoms with Crippen molar-refractivity contribution in [3.8, 4) is 0 Å². The monoisotopic (exact) mass is 245 g/mol. The zero-order chi connectivity index (χ0) is 13.0. The summed E-state index contributed by atoms with van der Waals surface area (Å²) in [6, 6.07) is 14.7. The van der Waals surface area contributed by atoms with E-state index in [0.717, 1.165) is 0 Å². The van der Waals surface area contributed by atoms with Crippen molar-refractivity contribution in [2.24, 2.45) is 0 Å². The number of fused-ring (bicyclic) bond motifs is 1. The van der Waals surface area contributed by atoms with E-state index >= 15 is 0 Å². The Balaban J connectivity index is 2.10. The molecule has 0 aromatic heterocycles. The maximum Gasteiger partial charge on any atom is 0.0895 e. The Bertz CT molecular complexity index is 513. The maximum absolute atomic E-state index is 9.31. The van der Waals surface area contributed by atoms with Gasteiger partial charge in [-0.15, -0.1) is 0 Å². The van der Waals surface area contributed by atoms with Crippen LogP contribution in [0.15, 0.2) is 42.5 Å². The molecule has 0 aliphatic carbocycles. The maximum atomic E-state index is 9.31. The molecule has 18 heavy (non-hydrogen) atoms. The third kappa shape index (κ3) is 3.07. The predicted octanol–water partition coefficient (Wildman–Crippen LogP) is 1.84. The fraction of sp³-hybridized carbons (Fsp3) is 0.333. The molecule has 2 atom stereocenters. The van der Waals surface area contributed by atoms with E-state index in [4.69, 9.17) is 5.11 Å². The van der Waals surface area contributed by atoms with Gasteiger partial charge < -0.3 is 15.5 Å². The second-order valence-electron chi connectivity index (χ2n) is 4.57. The highest BCUT2D eigenvalue weighted by atomic mass is 16.3. The molecule has 3 N–H and O–H groups in total. The van der Waals surface area contributed by atoms with E-state index in [1.54, 1.807) is 0 Å². The number of benzene rings is 2. The van der Waals surface area contributed by atoms with Crippen molar-refractivity contribution in [1.82, 2.24) is 5.32 Å². The largest absolute Gasteiger partial charge is 0.394 e. The van der Waals surface area contributed by atoms with Gasteiger partial charge in [-0.1, -0.05) is 36.4 Å². The summed E-state index contributed by atoms with van der Waals surface area (Å²) in [4.78, 5) is 0. The fourth-order valence-corrected chi connectivity index (χ4v) is 1.97. The SMILES string of the molecule is C[C@@H](NC[C@@H](O)CO)c1ccc2ccccc2c1. The van der Waals surface area contributed by atoms with Crippen molar-refractivity contribution in [2.75, 3.05) is 13.2 Å². The van der Waals surface area contributed by atoms with E-state index in [9.17, 15) is 5.11 Å². The van der Waals surface area contributed by atoms with Gasteiger partial charge in [0.05, 0.1) is 12.7 Å². The molecule has 0 bridgehead atoms. The molecule has 0 saturated heterocycles. The average Bonchev–Trinajstić information content (AvgIpc) is 2.43. The Hall–Kier alpha value is -1.42. The van der Waals surface area contributed by atoms with Crippen molar-refractivity contribution in [2.45, 2.75) is 19.1 Å². The summed E-state index contributed by atoms with van der Waals surface area (Å²) in [7, 11) is 0. The first-order valence-corrected chi connectivity index (χ1v) is 6.21. The number of aliphatic hydroxyl groups is 2. The predicted molar refractivity (Wildman–Crippen MR) is 73.5 cm³/mol. The third-order valence-electron chi connectivity index (χ3n) is 3.14. The number of aliphatic hydroxyl groups excluding tert-OH is 2. The van der Waals surface area contributed by atoms with Crippen LogP contribution < -0.4 is 5.32 Å². The molecular formula is C15H19NO2. The summed E-state index contributed by atoms with van der Waals surface area (Å²) in [5.41, 5.74) is 1.18. The molecule has 96 valence electrons. The molecule has 0 heterocycles. The van der Waals surface area contributed by atoms with Crippen molar-refractivity contribution in [1.29, 1.82) is 0 Å². The standard InChI is InChI=1S/C15H19NO2/c1-11(16-9-15(18)10-17)13-7-6-12-4-2-3-5-14(12)8-13/h2-8,11,15-18H,9-10H2,1H3/t11-,15-/m1/s1. The molecule has 2 rings (SSSR count). The number of hydrogen-bond acceptors (Lipinski definition) is 3. The molecular weight excluding hydrogens is 226 g/mol. The van der Waals surface area contributed by atoms with Crippen LogP contribution in [0.2, 0.25) is 0 Å². The van der Waals surface area contributed by atoms with Crippen molar-refractivity contribution < 1.29 is 10.2 Å². The molecule has 3 heteroatoms. The zero-order valence-electron chi connectivity index (χ0n) is 10.5. The van der Waals surface area contributed by atoms with Crippen molar-refractivity contribution in [3.05, 3.63) is 48.0 Å². The minimum absolute atomic E-state index is 0.149. The second-order valence-corrected chi connectivity index (χ2v) is 4.57. The lowest BCUT2D eigenvalue weighted by atomic mass is 10.0. The van der Waals surface area contributed by atoms with E-state index in [-0.39, 0.29) is 12.6 Å². The third-order valence-corrected chi connectivity index (χ3v) is 3.14. The van der Waals surface area contributed by atoms with Gasteiger partial charge in [-0.25, -0.2) is 0 Å². The lowest BCUT2D eigenvalue weighted by Gasteiger charge is -2.16. The number of hydrogen-bond donors (Lipinski definition) is 3. The molecule has 2 aromatic carbocycles. The molecule has 0 amide bonds. The van der Waals surface area contributed by atoms with Crippen molar-refractivity contribution in [3.63, 3.8) is 0 Å². The topological polar surface area (TPSA) is 52.5 Å². The van der Waals surface area contributed by atoms with Gasteiger partial charge in [0.15, 0.2) is 0 Å². The highest BCUT2D eigenvalue weighted by Crippen LogP contribution is 2.20. The van der Waals surface area contributed by atoms with E-state index in [0.29, 0.717) is 6.54 Å². The van der Waals surface area contributed by atoms with E-state index < -0.39 is 6.10 Å². The van der Waals surface area contributed by atoms with Gasteiger partial charge in [-0.05, 0) is 29.3 Å². The van der Waals surface area contributed by atoms with Crippen LogP contribution in [0.1, 0.15) is 18.5 Å². The first kappa shape index (κ1) is 13.0. The molecule has 0 fully saturated rings. The quantitative estimate of drug-likeness (QED) is 0.753. The van der Waals surface area contributed by atoms with E-state index in [2.05, 4.69) is 35.6 Å². The smallest absolute Gasteiger partial charge is 0.0895 e. The Labute approximate surface area is 107 Å². The van der Waals surface area contributed by atoms with Gasteiger partial charge in [-0.3, -0.25) is 0 Å². The average molecular weight is 245 g/mol. The summed E-state index contributed by atoms with van der Waals surface area (Å²) < 4.78 is 0. The highest BCUT2D eigenvalue weighted by Gasteiger charge is 2.08. The van der Waals surface area contributed by atoms with Crippen LogP contribution in [-0.4, -0.2) is 29.5 Å². The first-order valence-electron chi connectivity index (χ1n) is 6.21. The van der Waals surface area contributed by atoms with Crippen LogP contribution in [0.4, 0.5) is 0 Å².